The number of carboxylic acid groups (broad SMARTS) is 1. The molecule has 1 aliphatic rings. The van der Waals surface area contributed by atoms with Crippen molar-refractivity contribution in [3.63, 3.8) is 0 Å². The van der Waals surface area contributed by atoms with Gasteiger partial charge in [-0.25, -0.2) is 9.78 Å². The standard InChI is InChI=1S/C35H40N4O4/c1-34(2,3)43-33(42)37-29-20-13-21-38(23-29)31(32(40)41)22-30-24-39(25-36-30)35(26-14-7-4-8-15-26,27-16-9-5-10-17-27)28-18-11-6-12-19-28/h4-12,14-19,24-25,29,31H,13,20-23H2,1-3H3,(H,37,42)(H,40,41)/p-1. The minimum absolute atomic E-state index is 0.170. The van der Waals surface area contributed by atoms with Gasteiger partial charge in [-0.15, -0.1) is 0 Å². The van der Waals surface area contributed by atoms with Crippen molar-refractivity contribution < 1.29 is 19.4 Å². The van der Waals surface area contributed by atoms with Crippen molar-refractivity contribution in [1.82, 2.24) is 19.8 Å². The van der Waals surface area contributed by atoms with Gasteiger partial charge in [0.15, 0.2) is 0 Å². The molecule has 8 nitrogen and oxygen atoms in total. The number of imidazole rings is 1. The molecule has 1 N–H and O–H groups in total. The van der Waals surface area contributed by atoms with Crippen LogP contribution in [0.5, 0.6) is 0 Å². The number of likely N-dealkylation sites (tertiary alicyclic amines) is 1. The summed E-state index contributed by atoms with van der Waals surface area (Å²) >= 11 is 0. The van der Waals surface area contributed by atoms with Crippen LogP contribution in [-0.4, -0.2) is 57.3 Å². The van der Waals surface area contributed by atoms with Crippen LogP contribution in [0.4, 0.5) is 4.79 Å². The molecule has 224 valence electrons. The summed E-state index contributed by atoms with van der Waals surface area (Å²) in [5.41, 5.74) is 2.46. The molecule has 0 radical (unpaired) electrons. The van der Waals surface area contributed by atoms with Gasteiger partial charge in [0.2, 0.25) is 0 Å². The number of alkyl carbamates (subject to hydrolysis) is 1. The molecular formula is C35H39N4O4-. The summed E-state index contributed by atoms with van der Waals surface area (Å²) in [4.78, 5) is 31.5. The zero-order valence-corrected chi connectivity index (χ0v) is 25.0. The Hall–Kier alpha value is -4.43. The number of carbonyl (C=O) groups is 2. The molecule has 1 saturated heterocycles. The van der Waals surface area contributed by atoms with Crippen molar-refractivity contribution in [3.8, 4) is 0 Å². The van der Waals surface area contributed by atoms with Gasteiger partial charge in [0.1, 0.15) is 11.1 Å². The Balaban J connectivity index is 1.46. The lowest BCUT2D eigenvalue weighted by molar-refractivity contribution is -0.312. The zero-order chi connectivity index (χ0) is 30.5. The lowest BCUT2D eigenvalue weighted by atomic mass is 9.77. The second-order valence-corrected chi connectivity index (χ2v) is 12.1. The fourth-order valence-corrected chi connectivity index (χ4v) is 6.08. The van der Waals surface area contributed by atoms with E-state index in [1.807, 2.05) is 86.5 Å². The number of aromatic nitrogens is 2. The summed E-state index contributed by atoms with van der Waals surface area (Å²) in [7, 11) is 0. The summed E-state index contributed by atoms with van der Waals surface area (Å²) in [6, 6.07) is 29.7. The van der Waals surface area contributed by atoms with Gasteiger partial charge in [0, 0.05) is 25.2 Å². The van der Waals surface area contributed by atoms with E-state index < -0.39 is 29.2 Å². The van der Waals surface area contributed by atoms with E-state index in [1.165, 1.54) is 0 Å². The van der Waals surface area contributed by atoms with E-state index in [0.29, 0.717) is 18.8 Å². The lowest BCUT2D eigenvalue weighted by Crippen LogP contribution is -2.56. The van der Waals surface area contributed by atoms with Crippen LogP contribution in [0.25, 0.3) is 0 Å². The number of piperidine rings is 1. The van der Waals surface area contributed by atoms with Gasteiger partial charge in [-0.05, 0) is 56.8 Å². The minimum atomic E-state index is -1.16. The monoisotopic (exact) mass is 579 g/mol. The van der Waals surface area contributed by atoms with E-state index in [4.69, 9.17) is 9.72 Å². The zero-order valence-electron chi connectivity index (χ0n) is 25.0. The van der Waals surface area contributed by atoms with Crippen LogP contribution in [0, 0.1) is 0 Å². The lowest BCUT2D eigenvalue weighted by Gasteiger charge is -2.39. The van der Waals surface area contributed by atoms with Gasteiger partial charge in [0.25, 0.3) is 0 Å². The highest BCUT2D eigenvalue weighted by molar-refractivity contribution is 5.72. The van der Waals surface area contributed by atoms with Crippen LogP contribution in [0.3, 0.4) is 0 Å². The predicted molar refractivity (Wildman–Crippen MR) is 163 cm³/mol. The van der Waals surface area contributed by atoms with Crippen LogP contribution in [0.2, 0.25) is 0 Å². The molecule has 0 bridgehead atoms. The maximum absolute atomic E-state index is 12.5. The topological polar surface area (TPSA) is 99.5 Å². The average Bonchev–Trinajstić information content (AvgIpc) is 3.46. The Bertz CT molecular complexity index is 1400. The van der Waals surface area contributed by atoms with Gasteiger partial charge in [-0.1, -0.05) is 91.0 Å². The smallest absolute Gasteiger partial charge is 0.407 e. The molecule has 1 amide bonds. The van der Waals surface area contributed by atoms with Gasteiger partial charge in [-0.3, -0.25) is 4.90 Å². The molecule has 2 heterocycles. The van der Waals surface area contributed by atoms with Crippen LogP contribution in [0.15, 0.2) is 104 Å². The van der Waals surface area contributed by atoms with E-state index in [9.17, 15) is 14.7 Å². The van der Waals surface area contributed by atoms with Crippen LogP contribution in [0.1, 0.15) is 56.0 Å². The van der Waals surface area contributed by atoms with E-state index in [-0.39, 0.29) is 12.5 Å². The molecule has 3 aromatic carbocycles. The molecule has 8 heteroatoms. The summed E-state index contributed by atoms with van der Waals surface area (Å²) in [6.07, 6.45) is 4.90. The molecule has 43 heavy (non-hydrogen) atoms. The number of amides is 1. The number of nitrogens with one attached hydrogen (secondary N) is 1. The molecule has 0 spiro atoms. The van der Waals surface area contributed by atoms with E-state index in [2.05, 4.69) is 46.3 Å². The Labute approximate surface area is 253 Å². The van der Waals surface area contributed by atoms with E-state index in [1.54, 1.807) is 6.33 Å². The number of ether oxygens (including phenoxy) is 1. The van der Waals surface area contributed by atoms with Crippen molar-refractivity contribution in [1.29, 1.82) is 0 Å². The molecular weight excluding hydrogens is 540 g/mol. The fourth-order valence-electron chi connectivity index (χ4n) is 6.08. The number of carboxylic acids is 1. The third-order valence-electron chi connectivity index (χ3n) is 7.89. The van der Waals surface area contributed by atoms with Gasteiger partial charge < -0.3 is 24.5 Å². The summed E-state index contributed by atoms with van der Waals surface area (Å²) < 4.78 is 7.49. The SMILES string of the molecule is CC(C)(C)OC(=O)NC1CCCN(C(Cc2cn(C(c3ccccc3)(c3ccccc3)c3ccccc3)cn2)C(=O)[O-])C1. The first kappa shape index (κ1) is 30.0. The summed E-state index contributed by atoms with van der Waals surface area (Å²) in [6.45, 7) is 6.42. The molecule has 5 rings (SSSR count). The van der Waals surface area contributed by atoms with Crippen molar-refractivity contribution >= 4 is 12.1 Å². The molecule has 0 saturated carbocycles. The maximum Gasteiger partial charge on any atom is 0.407 e. The molecule has 1 aliphatic heterocycles. The largest absolute Gasteiger partial charge is 0.548 e. The minimum Gasteiger partial charge on any atom is -0.548 e. The second-order valence-electron chi connectivity index (χ2n) is 12.1. The Kier molecular flexibility index (Phi) is 8.97. The normalized spacial score (nSPS) is 16.8. The van der Waals surface area contributed by atoms with Crippen molar-refractivity contribution in [2.45, 2.75) is 63.3 Å². The van der Waals surface area contributed by atoms with Crippen molar-refractivity contribution in [2.24, 2.45) is 0 Å². The second kappa shape index (κ2) is 12.8. The molecule has 0 aliphatic carbocycles. The average molecular weight is 580 g/mol. The Morgan fingerprint density at radius 1 is 0.930 bits per heavy atom. The molecule has 1 aromatic heterocycles. The highest BCUT2D eigenvalue weighted by Crippen LogP contribution is 2.40. The Morgan fingerprint density at radius 2 is 1.47 bits per heavy atom. The van der Waals surface area contributed by atoms with Crippen LogP contribution in [-0.2, 0) is 21.5 Å². The number of carbonyl (C=O) groups excluding carboxylic acids is 2. The highest BCUT2D eigenvalue weighted by atomic mass is 16.6. The number of rotatable bonds is 9. The van der Waals surface area contributed by atoms with Gasteiger partial charge in [0.05, 0.1) is 24.0 Å². The predicted octanol–water partition coefficient (Wildman–Crippen LogP) is 4.37. The van der Waals surface area contributed by atoms with E-state index in [0.717, 1.165) is 29.5 Å². The number of hydrogen-bond acceptors (Lipinski definition) is 6. The third kappa shape index (κ3) is 6.81. The summed E-state index contributed by atoms with van der Waals surface area (Å²) in [5.74, 6) is -1.16. The van der Waals surface area contributed by atoms with Crippen molar-refractivity contribution in [3.05, 3.63) is 126 Å². The molecule has 1 fully saturated rings. The first-order valence-electron chi connectivity index (χ1n) is 14.8. The van der Waals surface area contributed by atoms with Gasteiger partial charge >= 0.3 is 6.09 Å². The molecule has 2 unspecified atom stereocenters. The number of benzene rings is 3. The quantitative estimate of drug-likeness (QED) is 0.296. The first-order chi connectivity index (χ1) is 20.7. The first-order valence-corrected chi connectivity index (χ1v) is 14.8. The highest BCUT2D eigenvalue weighted by Gasteiger charge is 2.38. The fraction of sp³-hybridized carbons (Fsp3) is 0.343. The molecule has 2 atom stereocenters. The summed E-state index contributed by atoms with van der Waals surface area (Å²) in [5, 5.41) is 15.4. The van der Waals surface area contributed by atoms with Crippen molar-refractivity contribution in [2.75, 3.05) is 13.1 Å². The van der Waals surface area contributed by atoms with E-state index >= 15 is 0 Å². The third-order valence-corrected chi connectivity index (χ3v) is 7.89. The van der Waals surface area contributed by atoms with Crippen LogP contribution < -0.4 is 10.4 Å². The maximum atomic E-state index is 12.5. The number of hydrogen-bond donors (Lipinski definition) is 1. The number of aliphatic carboxylic acids is 1. The molecule has 4 aromatic rings. The van der Waals surface area contributed by atoms with Crippen LogP contribution >= 0.6 is 0 Å². The Morgan fingerprint density at radius 3 is 1.95 bits per heavy atom. The van der Waals surface area contributed by atoms with Gasteiger partial charge in [-0.2, -0.15) is 0 Å². The number of nitrogens with zero attached hydrogens (tertiary/aromatic N) is 3.